The van der Waals surface area contributed by atoms with Crippen molar-refractivity contribution in [1.82, 2.24) is 9.97 Å². The molecule has 0 fully saturated rings. The van der Waals surface area contributed by atoms with E-state index in [0.29, 0.717) is 0 Å². The molecule has 0 saturated carbocycles. The smallest absolute Gasteiger partial charge is 0.137 e. The summed E-state index contributed by atoms with van der Waals surface area (Å²) in [6, 6.07) is 4.31. The van der Waals surface area contributed by atoms with Gasteiger partial charge in [0.2, 0.25) is 0 Å². The lowest BCUT2D eigenvalue weighted by Crippen LogP contribution is -2.04. The molecule has 2 aromatic rings. The first-order chi connectivity index (χ1) is 8.15. The summed E-state index contributed by atoms with van der Waals surface area (Å²) in [4.78, 5) is 9.15. The quantitative estimate of drug-likeness (QED) is 0.878. The van der Waals surface area contributed by atoms with Crippen LogP contribution in [0.1, 0.15) is 30.8 Å². The van der Waals surface area contributed by atoms with Crippen LogP contribution in [0.4, 0.5) is 5.82 Å². The number of nitrogens with zero attached hydrogens (tertiary/aromatic N) is 2. The molecule has 0 atom stereocenters. The van der Waals surface area contributed by atoms with Crippen molar-refractivity contribution in [2.24, 2.45) is 0 Å². The fourth-order valence-electron chi connectivity index (χ4n) is 1.90. The van der Waals surface area contributed by atoms with Gasteiger partial charge < -0.3 is 5.32 Å². The molecule has 2 rings (SSSR count). The molecule has 0 aliphatic carbocycles. The van der Waals surface area contributed by atoms with E-state index >= 15 is 0 Å². The molecule has 0 saturated heterocycles. The molecule has 1 aromatic heterocycles. The average molecular weight is 229 g/mol. The fraction of sp³-hybridized carbons (Fsp3) is 0.429. The number of aryl methyl sites for hydroxylation is 3. The van der Waals surface area contributed by atoms with E-state index in [4.69, 9.17) is 0 Å². The van der Waals surface area contributed by atoms with Gasteiger partial charge in [-0.15, -0.1) is 0 Å². The lowest BCUT2D eigenvalue weighted by atomic mass is 10.1. The average Bonchev–Trinajstić information content (AvgIpc) is 2.31. The van der Waals surface area contributed by atoms with Crippen molar-refractivity contribution in [3.8, 4) is 0 Å². The third-order valence-electron chi connectivity index (χ3n) is 3.02. The first-order valence-electron chi connectivity index (χ1n) is 6.17. The molecule has 0 spiro atoms. The Hall–Kier alpha value is -1.64. The van der Waals surface area contributed by atoms with Crippen LogP contribution < -0.4 is 5.32 Å². The van der Waals surface area contributed by atoms with Crippen LogP contribution in [0.15, 0.2) is 12.1 Å². The number of hydrogen-bond acceptors (Lipinski definition) is 3. The van der Waals surface area contributed by atoms with E-state index in [0.717, 1.165) is 35.5 Å². The molecule has 0 radical (unpaired) electrons. The minimum Gasteiger partial charge on any atom is -0.370 e. The number of hydrogen-bond donors (Lipinski definition) is 1. The second-order valence-corrected chi connectivity index (χ2v) is 4.33. The van der Waals surface area contributed by atoms with E-state index < -0.39 is 0 Å². The van der Waals surface area contributed by atoms with E-state index in [9.17, 15) is 0 Å². The van der Waals surface area contributed by atoms with Gasteiger partial charge >= 0.3 is 0 Å². The monoisotopic (exact) mass is 229 g/mol. The minimum atomic E-state index is 0.862. The fourth-order valence-corrected chi connectivity index (χ4v) is 1.90. The highest BCUT2D eigenvalue weighted by atomic mass is 15.0. The Morgan fingerprint density at radius 2 is 1.76 bits per heavy atom. The minimum absolute atomic E-state index is 0.862. The second kappa shape index (κ2) is 4.70. The van der Waals surface area contributed by atoms with Gasteiger partial charge in [0.1, 0.15) is 11.6 Å². The molecule has 1 N–H and O–H groups in total. The largest absolute Gasteiger partial charge is 0.370 e. The highest BCUT2D eigenvalue weighted by molar-refractivity contribution is 5.90. The third kappa shape index (κ3) is 2.23. The van der Waals surface area contributed by atoms with Crippen molar-refractivity contribution in [3.05, 3.63) is 29.1 Å². The first kappa shape index (κ1) is 11.8. The molecule has 3 nitrogen and oxygen atoms in total. The summed E-state index contributed by atoms with van der Waals surface area (Å²) in [5, 5.41) is 4.44. The molecule has 0 amide bonds. The van der Waals surface area contributed by atoms with Crippen molar-refractivity contribution in [3.63, 3.8) is 0 Å². The SMILES string of the molecule is CCNc1nc(CC)nc2cc(C)c(C)cc12. The van der Waals surface area contributed by atoms with Gasteiger partial charge in [0.25, 0.3) is 0 Å². The molecule has 1 aromatic carbocycles. The van der Waals surface area contributed by atoms with Crippen molar-refractivity contribution in [1.29, 1.82) is 0 Å². The van der Waals surface area contributed by atoms with Crippen LogP contribution in [-0.4, -0.2) is 16.5 Å². The van der Waals surface area contributed by atoms with E-state index in [2.05, 4.69) is 55.1 Å². The Morgan fingerprint density at radius 3 is 2.41 bits per heavy atom. The van der Waals surface area contributed by atoms with Gasteiger partial charge in [-0.05, 0) is 44.0 Å². The summed E-state index contributed by atoms with van der Waals surface area (Å²) in [6.45, 7) is 9.29. The number of benzene rings is 1. The van der Waals surface area contributed by atoms with E-state index in [1.165, 1.54) is 11.1 Å². The van der Waals surface area contributed by atoms with Gasteiger partial charge in [0.05, 0.1) is 5.52 Å². The predicted octanol–water partition coefficient (Wildman–Crippen LogP) is 3.24. The highest BCUT2D eigenvalue weighted by Crippen LogP contribution is 2.24. The summed E-state index contributed by atoms with van der Waals surface area (Å²) in [7, 11) is 0. The molecule has 17 heavy (non-hydrogen) atoms. The molecule has 90 valence electrons. The summed E-state index contributed by atoms with van der Waals surface area (Å²) in [5.41, 5.74) is 3.60. The van der Waals surface area contributed by atoms with Crippen LogP contribution in [-0.2, 0) is 6.42 Å². The Kier molecular flexibility index (Phi) is 3.27. The van der Waals surface area contributed by atoms with Crippen molar-refractivity contribution >= 4 is 16.7 Å². The maximum atomic E-state index is 4.59. The standard InChI is InChI=1S/C14H19N3/c1-5-13-16-12-8-10(4)9(3)7-11(12)14(17-13)15-6-2/h7-8H,5-6H2,1-4H3,(H,15,16,17). The van der Waals surface area contributed by atoms with E-state index in [1.54, 1.807) is 0 Å². The maximum absolute atomic E-state index is 4.59. The Balaban J connectivity index is 2.71. The second-order valence-electron chi connectivity index (χ2n) is 4.33. The Labute approximate surface area is 102 Å². The van der Waals surface area contributed by atoms with Gasteiger partial charge in [-0.1, -0.05) is 6.92 Å². The number of nitrogens with one attached hydrogen (secondary N) is 1. The number of anilines is 1. The lowest BCUT2D eigenvalue weighted by molar-refractivity contribution is 0.956. The molecule has 0 aliphatic heterocycles. The van der Waals surface area contributed by atoms with Crippen molar-refractivity contribution in [2.45, 2.75) is 34.1 Å². The topological polar surface area (TPSA) is 37.8 Å². The van der Waals surface area contributed by atoms with Gasteiger partial charge in [-0.2, -0.15) is 0 Å². The molecular formula is C14H19N3. The van der Waals surface area contributed by atoms with Crippen molar-refractivity contribution in [2.75, 3.05) is 11.9 Å². The number of rotatable bonds is 3. The van der Waals surface area contributed by atoms with Gasteiger partial charge in [-0.25, -0.2) is 9.97 Å². The summed E-state index contributed by atoms with van der Waals surface area (Å²) < 4.78 is 0. The van der Waals surface area contributed by atoms with E-state index in [1.807, 2.05) is 0 Å². The van der Waals surface area contributed by atoms with E-state index in [-0.39, 0.29) is 0 Å². The number of aromatic nitrogens is 2. The molecule has 3 heteroatoms. The van der Waals surface area contributed by atoms with Crippen LogP contribution >= 0.6 is 0 Å². The molecule has 0 bridgehead atoms. The Morgan fingerprint density at radius 1 is 1.06 bits per heavy atom. The van der Waals surface area contributed by atoms with Gasteiger partial charge in [0.15, 0.2) is 0 Å². The first-order valence-corrected chi connectivity index (χ1v) is 6.17. The summed E-state index contributed by atoms with van der Waals surface area (Å²) in [6.07, 6.45) is 0.862. The summed E-state index contributed by atoms with van der Waals surface area (Å²) in [5.74, 6) is 1.86. The zero-order chi connectivity index (χ0) is 12.4. The predicted molar refractivity (Wildman–Crippen MR) is 72.6 cm³/mol. The van der Waals surface area contributed by atoms with Crippen LogP contribution in [0.2, 0.25) is 0 Å². The van der Waals surface area contributed by atoms with Gasteiger partial charge in [-0.3, -0.25) is 0 Å². The summed E-state index contributed by atoms with van der Waals surface area (Å²) >= 11 is 0. The molecule has 1 heterocycles. The lowest BCUT2D eigenvalue weighted by Gasteiger charge is -2.10. The molecule has 0 aliphatic rings. The van der Waals surface area contributed by atoms with Crippen LogP contribution in [0, 0.1) is 13.8 Å². The zero-order valence-corrected chi connectivity index (χ0v) is 11.0. The normalized spacial score (nSPS) is 10.8. The van der Waals surface area contributed by atoms with Crippen LogP contribution in [0.5, 0.6) is 0 Å². The third-order valence-corrected chi connectivity index (χ3v) is 3.02. The van der Waals surface area contributed by atoms with Gasteiger partial charge in [0, 0.05) is 18.4 Å². The number of fused-ring (bicyclic) bond motifs is 1. The Bertz CT molecular complexity index is 547. The molecule has 0 unspecified atom stereocenters. The van der Waals surface area contributed by atoms with Crippen molar-refractivity contribution < 1.29 is 0 Å². The zero-order valence-electron chi connectivity index (χ0n) is 11.0. The highest BCUT2D eigenvalue weighted by Gasteiger charge is 2.07. The molecular weight excluding hydrogens is 210 g/mol. The maximum Gasteiger partial charge on any atom is 0.137 e. The van der Waals surface area contributed by atoms with Crippen LogP contribution in [0.3, 0.4) is 0 Å². The van der Waals surface area contributed by atoms with Crippen LogP contribution in [0.25, 0.3) is 10.9 Å².